The summed E-state index contributed by atoms with van der Waals surface area (Å²) < 4.78 is 1.76. The van der Waals surface area contributed by atoms with Gasteiger partial charge >= 0.3 is 0 Å². The molecule has 2 N–H and O–H groups in total. The van der Waals surface area contributed by atoms with E-state index in [0.717, 1.165) is 23.6 Å². The molecule has 0 saturated carbocycles. The number of fused-ring (bicyclic) bond motifs is 1. The fourth-order valence-corrected chi connectivity index (χ4v) is 2.17. The average Bonchev–Trinajstić information content (AvgIpc) is 2.68. The van der Waals surface area contributed by atoms with Crippen LogP contribution < -0.4 is 5.73 Å². The van der Waals surface area contributed by atoms with Crippen molar-refractivity contribution in [3.63, 3.8) is 0 Å². The van der Waals surface area contributed by atoms with Crippen molar-refractivity contribution in [2.24, 2.45) is 0 Å². The van der Waals surface area contributed by atoms with Crippen molar-refractivity contribution in [2.75, 3.05) is 5.73 Å². The molecule has 0 unspecified atom stereocenters. The Morgan fingerprint density at radius 1 is 1.36 bits per heavy atom. The highest BCUT2D eigenvalue weighted by atomic mass is 32.1. The highest BCUT2D eigenvalue weighted by Crippen LogP contribution is 2.24. The lowest BCUT2D eigenvalue weighted by Gasteiger charge is -2.07. The van der Waals surface area contributed by atoms with Crippen molar-refractivity contribution in [1.82, 2.24) is 19.8 Å². The van der Waals surface area contributed by atoms with E-state index in [4.69, 9.17) is 5.73 Å². The van der Waals surface area contributed by atoms with Crippen LogP contribution in [0.2, 0.25) is 0 Å². The SMILES string of the molecule is CCC(CC)c1nnc2sc(N)nn12. The molecule has 0 aliphatic carbocycles. The molecule has 2 aromatic rings. The molecule has 0 amide bonds. The van der Waals surface area contributed by atoms with Crippen LogP contribution in [0.4, 0.5) is 5.13 Å². The van der Waals surface area contributed by atoms with Crippen LogP contribution in [0.5, 0.6) is 0 Å². The van der Waals surface area contributed by atoms with Crippen molar-refractivity contribution in [3.05, 3.63) is 5.82 Å². The van der Waals surface area contributed by atoms with Gasteiger partial charge in [0.1, 0.15) is 0 Å². The van der Waals surface area contributed by atoms with Crippen molar-refractivity contribution < 1.29 is 0 Å². The molecule has 76 valence electrons. The molecule has 0 spiro atoms. The van der Waals surface area contributed by atoms with Crippen LogP contribution in [0, 0.1) is 0 Å². The van der Waals surface area contributed by atoms with Crippen LogP contribution in [-0.4, -0.2) is 19.8 Å². The maximum absolute atomic E-state index is 5.61. The minimum absolute atomic E-state index is 0.423. The topological polar surface area (TPSA) is 69.1 Å². The smallest absolute Gasteiger partial charge is 0.236 e. The number of hydrogen-bond acceptors (Lipinski definition) is 5. The quantitative estimate of drug-likeness (QED) is 0.838. The first-order chi connectivity index (χ1) is 6.76. The predicted octanol–water partition coefficient (Wildman–Crippen LogP) is 1.67. The zero-order chi connectivity index (χ0) is 10.1. The largest absolute Gasteiger partial charge is 0.374 e. The maximum Gasteiger partial charge on any atom is 0.236 e. The van der Waals surface area contributed by atoms with Crippen molar-refractivity contribution in [2.45, 2.75) is 32.6 Å². The molecule has 2 aromatic heterocycles. The van der Waals surface area contributed by atoms with Gasteiger partial charge in [0, 0.05) is 5.92 Å². The van der Waals surface area contributed by atoms with Crippen LogP contribution in [0.15, 0.2) is 0 Å². The van der Waals surface area contributed by atoms with Crippen LogP contribution in [0.25, 0.3) is 4.96 Å². The predicted molar refractivity (Wildman–Crippen MR) is 56.4 cm³/mol. The van der Waals surface area contributed by atoms with E-state index in [-0.39, 0.29) is 0 Å². The van der Waals surface area contributed by atoms with Gasteiger partial charge in [-0.3, -0.25) is 0 Å². The Labute approximate surface area is 86.0 Å². The number of rotatable bonds is 3. The first kappa shape index (κ1) is 9.39. The summed E-state index contributed by atoms with van der Waals surface area (Å²) in [6, 6.07) is 0. The van der Waals surface area contributed by atoms with E-state index >= 15 is 0 Å². The number of nitrogen functional groups attached to an aromatic ring is 1. The molecule has 0 atom stereocenters. The first-order valence-electron chi connectivity index (χ1n) is 4.73. The molecule has 6 heteroatoms. The van der Waals surface area contributed by atoms with Crippen LogP contribution in [0.1, 0.15) is 38.4 Å². The molecule has 0 aliphatic rings. The summed E-state index contributed by atoms with van der Waals surface area (Å²) in [6.07, 6.45) is 2.10. The van der Waals surface area contributed by atoms with Crippen molar-refractivity contribution in [3.8, 4) is 0 Å². The fraction of sp³-hybridized carbons (Fsp3) is 0.625. The average molecular weight is 211 g/mol. The minimum Gasteiger partial charge on any atom is -0.374 e. The number of hydrogen-bond donors (Lipinski definition) is 1. The second kappa shape index (κ2) is 3.53. The summed E-state index contributed by atoms with van der Waals surface area (Å²) in [5.74, 6) is 1.35. The normalized spacial score (nSPS) is 11.6. The lowest BCUT2D eigenvalue weighted by Crippen LogP contribution is -2.03. The summed E-state index contributed by atoms with van der Waals surface area (Å²) in [4.78, 5) is 0.782. The standard InChI is InChI=1S/C8H13N5S/c1-3-5(4-2)6-10-11-8-13(6)12-7(9)14-8/h5H,3-4H2,1-2H3,(H2,9,12). The number of nitrogens with zero attached hydrogens (tertiary/aromatic N) is 4. The Morgan fingerprint density at radius 2 is 2.07 bits per heavy atom. The second-order valence-electron chi connectivity index (χ2n) is 3.21. The molecule has 14 heavy (non-hydrogen) atoms. The molecule has 5 nitrogen and oxygen atoms in total. The zero-order valence-corrected chi connectivity index (χ0v) is 9.08. The van der Waals surface area contributed by atoms with Crippen molar-refractivity contribution >= 4 is 21.4 Å². The van der Waals surface area contributed by atoms with Crippen molar-refractivity contribution in [1.29, 1.82) is 0 Å². The van der Waals surface area contributed by atoms with E-state index in [9.17, 15) is 0 Å². The Bertz CT molecular complexity index is 428. The Hall–Kier alpha value is -1.17. The summed E-state index contributed by atoms with van der Waals surface area (Å²) in [5.41, 5.74) is 5.61. The monoisotopic (exact) mass is 211 g/mol. The molecule has 0 aromatic carbocycles. The number of nitrogens with two attached hydrogens (primary N) is 1. The van der Waals surface area contributed by atoms with E-state index in [1.54, 1.807) is 4.52 Å². The summed E-state index contributed by atoms with van der Waals surface area (Å²) >= 11 is 1.37. The van der Waals surface area contributed by atoms with Crippen LogP contribution >= 0.6 is 11.3 Å². The van der Waals surface area contributed by atoms with Gasteiger partial charge in [-0.15, -0.1) is 15.3 Å². The van der Waals surface area contributed by atoms with Gasteiger partial charge in [0.2, 0.25) is 10.1 Å². The molecule has 2 heterocycles. The Morgan fingerprint density at radius 3 is 2.71 bits per heavy atom. The molecule has 0 radical (unpaired) electrons. The van der Waals surface area contributed by atoms with Crippen LogP contribution in [0.3, 0.4) is 0 Å². The van der Waals surface area contributed by atoms with E-state index < -0.39 is 0 Å². The fourth-order valence-electron chi connectivity index (χ4n) is 1.56. The van der Waals surface area contributed by atoms with E-state index in [1.807, 2.05) is 0 Å². The van der Waals surface area contributed by atoms with Gasteiger partial charge in [-0.05, 0) is 12.8 Å². The van der Waals surface area contributed by atoms with Gasteiger partial charge in [-0.1, -0.05) is 25.2 Å². The first-order valence-corrected chi connectivity index (χ1v) is 5.55. The minimum atomic E-state index is 0.423. The van der Waals surface area contributed by atoms with E-state index in [2.05, 4.69) is 29.1 Å². The third-order valence-electron chi connectivity index (χ3n) is 2.38. The Kier molecular flexibility index (Phi) is 2.37. The summed E-state index contributed by atoms with van der Waals surface area (Å²) in [6.45, 7) is 4.29. The molecule has 2 rings (SSSR count). The summed E-state index contributed by atoms with van der Waals surface area (Å²) in [7, 11) is 0. The lowest BCUT2D eigenvalue weighted by molar-refractivity contribution is 0.584. The molecule has 0 saturated heterocycles. The highest BCUT2D eigenvalue weighted by Gasteiger charge is 2.17. The molecular weight excluding hydrogens is 198 g/mol. The molecule has 0 bridgehead atoms. The van der Waals surface area contributed by atoms with Gasteiger partial charge in [0.05, 0.1) is 0 Å². The molecule has 0 aliphatic heterocycles. The maximum atomic E-state index is 5.61. The Balaban J connectivity index is 2.50. The van der Waals surface area contributed by atoms with E-state index in [0.29, 0.717) is 11.0 Å². The van der Waals surface area contributed by atoms with E-state index in [1.165, 1.54) is 11.3 Å². The van der Waals surface area contributed by atoms with Gasteiger partial charge in [-0.2, -0.15) is 4.52 Å². The molecule has 0 fully saturated rings. The van der Waals surface area contributed by atoms with Gasteiger partial charge in [0.25, 0.3) is 0 Å². The van der Waals surface area contributed by atoms with Gasteiger partial charge in [0.15, 0.2) is 5.82 Å². The third-order valence-corrected chi connectivity index (χ3v) is 3.11. The number of aromatic nitrogens is 4. The van der Waals surface area contributed by atoms with Crippen LogP contribution in [-0.2, 0) is 0 Å². The van der Waals surface area contributed by atoms with Gasteiger partial charge < -0.3 is 5.73 Å². The second-order valence-corrected chi connectivity index (χ2v) is 4.19. The summed E-state index contributed by atoms with van der Waals surface area (Å²) in [5, 5.41) is 12.9. The third kappa shape index (κ3) is 1.35. The zero-order valence-electron chi connectivity index (χ0n) is 8.27. The number of anilines is 1. The lowest BCUT2D eigenvalue weighted by atomic mass is 10.0. The van der Waals surface area contributed by atoms with Gasteiger partial charge in [-0.25, -0.2) is 0 Å². The highest BCUT2D eigenvalue weighted by molar-refractivity contribution is 7.20. The molecular formula is C8H13N5S.